The SMILES string of the molecule is O=C(CSc1ccccc1)NCCN1CCC2(CC1)C(=O)NCN2c1cccc(F)c1.O=C(O)C(F)(F)F. The van der Waals surface area contributed by atoms with E-state index in [-0.39, 0.29) is 17.6 Å². The molecule has 0 atom stereocenters. The first-order chi connectivity index (χ1) is 18.0. The van der Waals surface area contributed by atoms with Gasteiger partial charge < -0.3 is 25.5 Å². The molecule has 38 heavy (non-hydrogen) atoms. The number of carboxylic acid groups (broad SMARTS) is 1. The third-order valence-corrected chi connectivity index (χ3v) is 7.26. The first-order valence-corrected chi connectivity index (χ1v) is 12.8. The summed E-state index contributed by atoms with van der Waals surface area (Å²) in [5.74, 6) is -2.62. The van der Waals surface area contributed by atoms with Crippen molar-refractivity contribution in [2.75, 3.05) is 43.5 Å². The molecule has 2 fully saturated rings. The van der Waals surface area contributed by atoms with Crippen molar-refractivity contribution in [2.45, 2.75) is 29.5 Å². The number of thioether (sulfide) groups is 1. The molecule has 2 aromatic carbocycles. The molecule has 2 heterocycles. The minimum Gasteiger partial charge on any atom is -0.475 e. The second-order valence-corrected chi connectivity index (χ2v) is 9.75. The number of carbonyl (C=O) groups is 3. The zero-order valence-corrected chi connectivity index (χ0v) is 21.2. The standard InChI is InChI=1S/C23H27FN4O2S.C2HF3O2/c24-18-5-4-6-19(15-18)28-17-26-22(30)23(28)9-12-27(13-10-23)14-11-25-21(29)16-31-20-7-2-1-3-8-20;3-2(4,5)1(6)7/h1-8,15H,9-14,16-17H2,(H,25,29)(H,26,30);(H,6,7). The van der Waals surface area contributed by atoms with Crippen LogP contribution in [-0.2, 0) is 14.4 Å². The molecule has 206 valence electrons. The zero-order valence-electron chi connectivity index (χ0n) is 20.3. The van der Waals surface area contributed by atoms with Crippen molar-refractivity contribution in [3.63, 3.8) is 0 Å². The molecule has 1 spiro atoms. The topological polar surface area (TPSA) is 102 Å². The van der Waals surface area contributed by atoms with E-state index in [1.807, 2.05) is 41.3 Å². The number of nitrogens with one attached hydrogen (secondary N) is 2. The van der Waals surface area contributed by atoms with Gasteiger partial charge >= 0.3 is 12.1 Å². The highest BCUT2D eigenvalue weighted by Crippen LogP contribution is 2.36. The van der Waals surface area contributed by atoms with Gasteiger partial charge in [-0.1, -0.05) is 24.3 Å². The highest BCUT2D eigenvalue weighted by Gasteiger charge is 2.50. The highest BCUT2D eigenvalue weighted by atomic mass is 32.2. The number of aliphatic carboxylic acids is 1. The average Bonchev–Trinajstić information content (AvgIpc) is 3.19. The molecule has 0 saturated carbocycles. The predicted molar refractivity (Wildman–Crippen MR) is 134 cm³/mol. The number of amides is 2. The first-order valence-electron chi connectivity index (χ1n) is 11.8. The van der Waals surface area contributed by atoms with Gasteiger partial charge in [0.1, 0.15) is 11.4 Å². The number of halogens is 4. The minimum atomic E-state index is -5.08. The number of carbonyl (C=O) groups excluding carboxylic acids is 2. The Morgan fingerprint density at radius 1 is 1.08 bits per heavy atom. The van der Waals surface area contributed by atoms with Gasteiger partial charge in [0.25, 0.3) is 0 Å². The van der Waals surface area contributed by atoms with Crippen LogP contribution in [0.2, 0.25) is 0 Å². The molecule has 2 aliphatic heterocycles. The van der Waals surface area contributed by atoms with Gasteiger partial charge in [0, 0.05) is 36.8 Å². The Morgan fingerprint density at radius 2 is 1.74 bits per heavy atom. The smallest absolute Gasteiger partial charge is 0.475 e. The molecular formula is C25H28F4N4O4S. The molecule has 0 unspecified atom stereocenters. The number of hydrogen-bond donors (Lipinski definition) is 3. The first kappa shape index (κ1) is 29.2. The molecule has 13 heteroatoms. The summed E-state index contributed by atoms with van der Waals surface area (Å²) in [5, 5.41) is 13.0. The molecular weight excluding hydrogens is 528 g/mol. The Morgan fingerprint density at radius 3 is 2.34 bits per heavy atom. The van der Waals surface area contributed by atoms with Crippen LogP contribution in [0.5, 0.6) is 0 Å². The average molecular weight is 557 g/mol. The van der Waals surface area contributed by atoms with Gasteiger partial charge in [0.2, 0.25) is 11.8 Å². The van der Waals surface area contributed by atoms with Gasteiger partial charge in [-0.25, -0.2) is 9.18 Å². The van der Waals surface area contributed by atoms with E-state index >= 15 is 0 Å². The van der Waals surface area contributed by atoms with Gasteiger partial charge in [0.05, 0.1) is 12.4 Å². The number of benzene rings is 2. The number of carboxylic acids is 1. The number of alkyl halides is 3. The van der Waals surface area contributed by atoms with Crippen LogP contribution in [-0.4, -0.2) is 78.1 Å². The van der Waals surface area contributed by atoms with E-state index in [0.717, 1.165) is 30.2 Å². The molecule has 3 N–H and O–H groups in total. The normalized spacial score (nSPS) is 16.9. The van der Waals surface area contributed by atoms with Crippen molar-refractivity contribution in [1.29, 1.82) is 0 Å². The van der Waals surface area contributed by atoms with Crippen LogP contribution in [0.4, 0.5) is 23.2 Å². The van der Waals surface area contributed by atoms with Gasteiger partial charge in [-0.2, -0.15) is 13.2 Å². The quantitative estimate of drug-likeness (QED) is 0.356. The van der Waals surface area contributed by atoms with Crippen molar-refractivity contribution >= 4 is 35.2 Å². The van der Waals surface area contributed by atoms with Crippen LogP contribution in [0.25, 0.3) is 0 Å². The summed E-state index contributed by atoms with van der Waals surface area (Å²) < 4.78 is 45.5. The lowest BCUT2D eigenvalue weighted by molar-refractivity contribution is -0.192. The monoisotopic (exact) mass is 556 g/mol. The Labute approximate surface area is 221 Å². The van der Waals surface area contributed by atoms with Crippen LogP contribution in [0.15, 0.2) is 59.5 Å². The molecule has 0 bridgehead atoms. The summed E-state index contributed by atoms with van der Waals surface area (Å²) in [4.78, 5) is 39.0. The third kappa shape index (κ3) is 7.84. The molecule has 2 amide bonds. The van der Waals surface area contributed by atoms with Crippen LogP contribution < -0.4 is 15.5 Å². The summed E-state index contributed by atoms with van der Waals surface area (Å²) in [6, 6.07) is 16.3. The predicted octanol–water partition coefficient (Wildman–Crippen LogP) is 3.10. The Hall–Kier alpha value is -3.32. The number of anilines is 1. The molecule has 0 aromatic heterocycles. The minimum absolute atomic E-state index is 0.0163. The summed E-state index contributed by atoms with van der Waals surface area (Å²) >= 11 is 1.52. The molecule has 2 saturated heterocycles. The third-order valence-electron chi connectivity index (χ3n) is 6.25. The van der Waals surface area contributed by atoms with E-state index in [9.17, 15) is 27.2 Å². The Bertz CT molecular complexity index is 1110. The van der Waals surface area contributed by atoms with E-state index in [4.69, 9.17) is 9.90 Å². The zero-order chi connectivity index (χ0) is 27.8. The Kier molecular flexibility index (Phi) is 9.97. The lowest BCUT2D eigenvalue weighted by atomic mass is 9.85. The summed E-state index contributed by atoms with van der Waals surface area (Å²) in [5.41, 5.74) is 0.106. The van der Waals surface area contributed by atoms with Gasteiger partial charge in [-0.05, 0) is 43.2 Å². The van der Waals surface area contributed by atoms with Crippen molar-refractivity contribution in [3.05, 3.63) is 60.4 Å². The van der Waals surface area contributed by atoms with Crippen LogP contribution >= 0.6 is 11.8 Å². The number of nitrogens with zero attached hydrogens (tertiary/aromatic N) is 2. The van der Waals surface area contributed by atoms with Crippen LogP contribution in [0.1, 0.15) is 12.8 Å². The van der Waals surface area contributed by atoms with Gasteiger partial charge in [-0.3, -0.25) is 9.59 Å². The molecule has 8 nitrogen and oxygen atoms in total. The lowest BCUT2D eigenvalue weighted by Gasteiger charge is -2.43. The Balaban J connectivity index is 0.000000505. The fourth-order valence-electron chi connectivity index (χ4n) is 4.29. The maximum absolute atomic E-state index is 13.7. The number of piperidine rings is 1. The fourth-order valence-corrected chi connectivity index (χ4v) is 5.03. The van der Waals surface area contributed by atoms with Crippen molar-refractivity contribution in [3.8, 4) is 0 Å². The summed E-state index contributed by atoms with van der Waals surface area (Å²) in [6.07, 6.45) is -3.74. The molecule has 2 aliphatic rings. The fraction of sp³-hybridized carbons (Fsp3) is 0.400. The van der Waals surface area contributed by atoms with E-state index in [1.54, 1.807) is 6.07 Å². The molecule has 0 radical (unpaired) electrons. The van der Waals surface area contributed by atoms with Crippen LogP contribution in [0, 0.1) is 5.82 Å². The maximum Gasteiger partial charge on any atom is 0.490 e. The number of rotatable bonds is 7. The van der Waals surface area contributed by atoms with Crippen molar-refractivity contribution in [1.82, 2.24) is 15.5 Å². The highest BCUT2D eigenvalue weighted by molar-refractivity contribution is 8.00. The van der Waals surface area contributed by atoms with Crippen molar-refractivity contribution in [2.24, 2.45) is 0 Å². The van der Waals surface area contributed by atoms with Gasteiger partial charge in [-0.15, -0.1) is 11.8 Å². The van der Waals surface area contributed by atoms with Crippen LogP contribution in [0.3, 0.4) is 0 Å². The van der Waals surface area contributed by atoms with E-state index in [0.29, 0.717) is 31.8 Å². The van der Waals surface area contributed by atoms with E-state index in [2.05, 4.69) is 15.5 Å². The second kappa shape index (κ2) is 13.0. The summed E-state index contributed by atoms with van der Waals surface area (Å²) in [7, 11) is 0. The molecule has 2 aromatic rings. The largest absolute Gasteiger partial charge is 0.490 e. The number of hydrogen-bond acceptors (Lipinski definition) is 6. The summed E-state index contributed by atoms with van der Waals surface area (Å²) in [6.45, 7) is 3.25. The lowest BCUT2D eigenvalue weighted by Crippen LogP contribution is -2.57. The molecule has 0 aliphatic carbocycles. The van der Waals surface area contributed by atoms with Crippen molar-refractivity contribution < 1.29 is 37.1 Å². The second-order valence-electron chi connectivity index (χ2n) is 8.70. The number of likely N-dealkylation sites (tertiary alicyclic amines) is 1. The maximum atomic E-state index is 13.7. The van der Waals surface area contributed by atoms with E-state index < -0.39 is 17.7 Å². The van der Waals surface area contributed by atoms with E-state index in [1.165, 1.54) is 23.9 Å². The van der Waals surface area contributed by atoms with Gasteiger partial charge in [0.15, 0.2) is 0 Å². The molecule has 4 rings (SSSR count).